The second kappa shape index (κ2) is 8.32. The molecule has 1 amide bonds. The van der Waals surface area contributed by atoms with Crippen molar-refractivity contribution in [3.63, 3.8) is 0 Å². The van der Waals surface area contributed by atoms with Gasteiger partial charge in [-0.1, -0.05) is 6.92 Å². The minimum atomic E-state index is -0.313. The van der Waals surface area contributed by atoms with Gasteiger partial charge in [0.2, 0.25) is 0 Å². The molecule has 3 heterocycles. The summed E-state index contributed by atoms with van der Waals surface area (Å²) >= 11 is 1.49. The van der Waals surface area contributed by atoms with Crippen molar-refractivity contribution in [3.05, 3.63) is 82.5 Å². The van der Waals surface area contributed by atoms with Gasteiger partial charge in [0.1, 0.15) is 10.8 Å². The van der Waals surface area contributed by atoms with Crippen LogP contribution >= 0.6 is 11.3 Å². The number of pyridine rings is 1. The zero-order valence-electron chi connectivity index (χ0n) is 15.7. The lowest BCUT2D eigenvalue weighted by molar-refractivity contribution is 0.0950. The molecule has 1 aromatic carbocycles. The number of halogens is 1. The molecular formula is C21H18FN5OS. The van der Waals surface area contributed by atoms with E-state index in [1.54, 1.807) is 35.4 Å². The molecule has 0 aliphatic carbocycles. The average molecular weight is 407 g/mol. The van der Waals surface area contributed by atoms with E-state index in [2.05, 4.69) is 20.4 Å². The number of carbonyl (C=O) groups is 1. The molecule has 4 rings (SSSR count). The molecule has 0 saturated heterocycles. The first-order valence-electron chi connectivity index (χ1n) is 9.11. The van der Waals surface area contributed by atoms with Crippen LogP contribution in [0.25, 0.3) is 16.9 Å². The fourth-order valence-electron chi connectivity index (χ4n) is 3.01. The summed E-state index contributed by atoms with van der Waals surface area (Å²) in [6.07, 6.45) is 5.60. The topological polar surface area (TPSA) is 72.7 Å². The van der Waals surface area contributed by atoms with E-state index in [9.17, 15) is 9.18 Å². The summed E-state index contributed by atoms with van der Waals surface area (Å²) in [5.41, 5.74) is 3.83. The molecule has 0 saturated carbocycles. The van der Waals surface area contributed by atoms with Crippen LogP contribution in [-0.2, 0) is 13.0 Å². The first-order chi connectivity index (χ1) is 14.2. The van der Waals surface area contributed by atoms with Crippen LogP contribution in [0.15, 0.2) is 60.4 Å². The van der Waals surface area contributed by atoms with Crippen molar-refractivity contribution in [3.8, 4) is 16.9 Å². The molecule has 29 heavy (non-hydrogen) atoms. The number of carbonyl (C=O) groups excluding carboxylic acids is 1. The number of nitrogens with one attached hydrogen (secondary N) is 1. The van der Waals surface area contributed by atoms with Crippen LogP contribution in [0.2, 0.25) is 0 Å². The quantitative estimate of drug-likeness (QED) is 0.524. The Morgan fingerprint density at radius 1 is 1.17 bits per heavy atom. The highest BCUT2D eigenvalue weighted by Gasteiger charge is 2.17. The molecule has 3 aromatic heterocycles. The number of aromatic nitrogens is 4. The van der Waals surface area contributed by atoms with E-state index in [0.29, 0.717) is 24.2 Å². The summed E-state index contributed by atoms with van der Waals surface area (Å²) in [5.74, 6) is -0.526. The van der Waals surface area contributed by atoms with Gasteiger partial charge in [0, 0.05) is 23.3 Å². The normalized spacial score (nSPS) is 10.8. The van der Waals surface area contributed by atoms with Crippen LogP contribution in [0.3, 0.4) is 0 Å². The Labute approximate surface area is 171 Å². The van der Waals surface area contributed by atoms with Crippen LogP contribution in [0, 0.1) is 5.82 Å². The predicted octanol–water partition coefficient (Wildman–Crippen LogP) is 4.02. The Morgan fingerprint density at radius 2 is 1.93 bits per heavy atom. The Kier molecular flexibility index (Phi) is 5.44. The van der Waals surface area contributed by atoms with E-state index in [1.165, 1.54) is 23.5 Å². The van der Waals surface area contributed by atoms with Gasteiger partial charge >= 0.3 is 0 Å². The second-order valence-corrected chi connectivity index (χ2v) is 7.23. The number of amides is 1. The van der Waals surface area contributed by atoms with Gasteiger partial charge in [-0.25, -0.2) is 14.1 Å². The maximum atomic E-state index is 13.2. The highest BCUT2D eigenvalue weighted by molar-refractivity contribution is 7.09. The third kappa shape index (κ3) is 4.07. The molecule has 6 nitrogen and oxygen atoms in total. The van der Waals surface area contributed by atoms with Gasteiger partial charge in [-0.3, -0.25) is 9.78 Å². The summed E-state index contributed by atoms with van der Waals surface area (Å²) in [5, 5.41) is 10.0. The van der Waals surface area contributed by atoms with E-state index in [-0.39, 0.29) is 11.7 Å². The molecule has 4 aromatic rings. The van der Waals surface area contributed by atoms with Crippen molar-refractivity contribution >= 4 is 17.2 Å². The molecule has 0 atom stereocenters. The van der Waals surface area contributed by atoms with E-state index in [4.69, 9.17) is 0 Å². The molecule has 0 aliphatic heterocycles. The van der Waals surface area contributed by atoms with Gasteiger partial charge in [-0.05, 0) is 42.8 Å². The number of benzene rings is 1. The van der Waals surface area contributed by atoms with Gasteiger partial charge in [0.25, 0.3) is 5.91 Å². The standard InChI is InChI=1S/C21H18FN5OS/c1-2-19-17(11-25-27(19)16-5-3-15(22)4-6-16)21(28)24-12-20-26-18(13-29-20)14-7-9-23-10-8-14/h3-11,13H,2,12H2,1H3,(H,24,28). The van der Waals surface area contributed by atoms with Crippen LogP contribution in [0.1, 0.15) is 28.0 Å². The van der Waals surface area contributed by atoms with Crippen molar-refractivity contribution in [1.82, 2.24) is 25.1 Å². The second-order valence-electron chi connectivity index (χ2n) is 6.29. The highest BCUT2D eigenvalue weighted by atomic mass is 32.1. The minimum Gasteiger partial charge on any atom is -0.345 e. The van der Waals surface area contributed by atoms with Gasteiger partial charge in [-0.2, -0.15) is 5.10 Å². The van der Waals surface area contributed by atoms with Crippen LogP contribution in [-0.4, -0.2) is 25.7 Å². The summed E-state index contributed by atoms with van der Waals surface area (Å²) in [6.45, 7) is 2.29. The Balaban J connectivity index is 1.48. The van der Waals surface area contributed by atoms with Gasteiger partial charge < -0.3 is 5.32 Å². The van der Waals surface area contributed by atoms with Gasteiger partial charge in [0.15, 0.2) is 0 Å². The maximum Gasteiger partial charge on any atom is 0.255 e. The lowest BCUT2D eigenvalue weighted by atomic mass is 10.2. The number of rotatable bonds is 6. The molecule has 0 aliphatic rings. The first kappa shape index (κ1) is 18.9. The smallest absolute Gasteiger partial charge is 0.255 e. The number of nitrogens with zero attached hydrogens (tertiary/aromatic N) is 4. The lowest BCUT2D eigenvalue weighted by Gasteiger charge is -2.08. The molecule has 0 spiro atoms. The molecular weight excluding hydrogens is 389 g/mol. The summed E-state index contributed by atoms with van der Waals surface area (Å²) < 4.78 is 14.9. The summed E-state index contributed by atoms with van der Waals surface area (Å²) in [6, 6.07) is 9.82. The van der Waals surface area contributed by atoms with Gasteiger partial charge in [-0.15, -0.1) is 11.3 Å². The van der Waals surface area contributed by atoms with Crippen LogP contribution in [0.5, 0.6) is 0 Å². The van der Waals surface area contributed by atoms with Crippen molar-refractivity contribution in [2.24, 2.45) is 0 Å². The average Bonchev–Trinajstić information content (AvgIpc) is 3.40. The first-order valence-corrected chi connectivity index (χ1v) is 9.99. The third-order valence-corrected chi connectivity index (χ3v) is 5.30. The highest BCUT2D eigenvalue weighted by Crippen LogP contribution is 2.21. The van der Waals surface area contributed by atoms with E-state index >= 15 is 0 Å². The third-order valence-electron chi connectivity index (χ3n) is 4.45. The largest absolute Gasteiger partial charge is 0.345 e. The number of hydrogen-bond donors (Lipinski definition) is 1. The summed E-state index contributed by atoms with van der Waals surface area (Å²) in [7, 11) is 0. The molecule has 1 N–H and O–H groups in total. The number of thiazole rings is 1. The minimum absolute atomic E-state index is 0.212. The van der Waals surface area contributed by atoms with E-state index < -0.39 is 0 Å². The van der Waals surface area contributed by atoms with Crippen molar-refractivity contribution in [2.45, 2.75) is 19.9 Å². The molecule has 0 unspecified atom stereocenters. The van der Waals surface area contributed by atoms with Crippen LogP contribution in [0.4, 0.5) is 4.39 Å². The Hall–Kier alpha value is -3.39. The zero-order chi connectivity index (χ0) is 20.2. The van der Waals surface area contributed by atoms with Crippen LogP contribution < -0.4 is 5.32 Å². The van der Waals surface area contributed by atoms with Crippen molar-refractivity contribution < 1.29 is 9.18 Å². The van der Waals surface area contributed by atoms with E-state index in [1.807, 2.05) is 24.4 Å². The lowest BCUT2D eigenvalue weighted by Crippen LogP contribution is -2.23. The molecule has 0 fully saturated rings. The maximum absolute atomic E-state index is 13.2. The Morgan fingerprint density at radius 3 is 2.66 bits per heavy atom. The fraction of sp³-hybridized carbons (Fsp3) is 0.143. The monoisotopic (exact) mass is 407 g/mol. The SMILES string of the molecule is CCc1c(C(=O)NCc2nc(-c3ccncc3)cs2)cnn1-c1ccc(F)cc1. The molecule has 146 valence electrons. The zero-order valence-corrected chi connectivity index (χ0v) is 16.5. The number of hydrogen-bond acceptors (Lipinski definition) is 5. The fourth-order valence-corrected chi connectivity index (χ4v) is 3.75. The summed E-state index contributed by atoms with van der Waals surface area (Å²) in [4.78, 5) is 21.3. The van der Waals surface area contributed by atoms with Gasteiger partial charge in [0.05, 0.1) is 35.4 Å². The van der Waals surface area contributed by atoms with Crippen molar-refractivity contribution in [1.29, 1.82) is 0 Å². The van der Waals surface area contributed by atoms with E-state index in [0.717, 1.165) is 22.0 Å². The molecule has 0 bridgehead atoms. The molecule has 0 radical (unpaired) electrons. The van der Waals surface area contributed by atoms with Crippen molar-refractivity contribution in [2.75, 3.05) is 0 Å². The predicted molar refractivity (Wildman–Crippen MR) is 109 cm³/mol. The molecule has 8 heteroatoms. The Bertz CT molecular complexity index is 1120.